The normalized spacial score (nSPS) is 15.7. The molecule has 1 fully saturated rings. The lowest BCUT2D eigenvalue weighted by molar-refractivity contribution is -0.137. The minimum atomic E-state index is -4.47. The van der Waals surface area contributed by atoms with E-state index in [1.165, 1.54) is 19.2 Å². The van der Waals surface area contributed by atoms with Crippen molar-refractivity contribution in [3.05, 3.63) is 41.0 Å². The highest BCUT2D eigenvalue weighted by molar-refractivity contribution is 5.59. The van der Waals surface area contributed by atoms with Gasteiger partial charge in [-0.05, 0) is 18.2 Å². The van der Waals surface area contributed by atoms with Crippen LogP contribution in [0.4, 0.5) is 18.9 Å². The van der Waals surface area contributed by atoms with Crippen molar-refractivity contribution in [3.63, 3.8) is 0 Å². The first-order valence-electron chi connectivity index (χ1n) is 8.29. The van der Waals surface area contributed by atoms with Crippen LogP contribution in [0.3, 0.4) is 0 Å². The molecule has 7 nitrogen and oxygen atoms in total. The predicted molar refractivity (Wildman–Crippen MR) is 88.7 cm³/mol. The predicted octanol–water partition coefficient (Wildman–Crippen LogP) is 2.43. The number of nitriles is 1. The molecular weight excluding hydrogens is 363 g/mol. The molecule has 0 aliphatic carbocycles. The number of piperazine rings is 1. The molecule has 0 unspecified atom stereocenters. The van der Waals surface area contributed by atoms with Crippen LogP contribution < -0.4 is 4.90 Å². The summed E-state index contributed by atoms with van der Waals surface area (Å²) in [4.78, 5) is 7.88. The van der Waals surface area contributed by atoms with Gasteiger partial charge in [0.05, 0.1) is 29.4 Å². The zero-order valence-corrected chi connectivity index (χ0v) is 14.7. The third-order valence-electron chi connectivity index (χ3n) is 4.29. The van der Waals surface area contributed by atoms with E-state index in [4.69, 9.17) is 14.5 Å². The number of methoxy groups -OCH3 is 1. The second-order valence-electron chi connectivity index (χ2n) is 6.14. The first-order valence-corrected chi connectivity index (χ1v) is 8.29. The summed E-state index contributed by atoms with van der Waals surface area (Å²) < 4.78 is 50.0. The van der Waals surface area contributed by atoms with Gasteiger partial charge < -0.3 is 14.2 Å². The molecule has 0 bridgehead atoms. The second-order valence-corrected chi connectivity index (χ2v) is 6.14. The third-order valence-corrected chi connectivity index (χ3v) is 4.29. The zero-order valence-electron chi connectivity index (χ0n) is 14.7. The number of hydrogen-bond donors (Lipinski definition) is 0. The SMILES string of the molecule is COCc1noc(CN2CCN(c3cc(C#N)ccc3C(F)(F)F)CC2)n1. The van der Waals surface area contributed by atoms with Gasteiger partial charge in [0, 0.05) is 33.3 Å². The fourth-order valence-electron chi connectivity index (χ4n) is 2.98. The number of halogens is 3. The number of ether oxygens (including phenoxy) is 1. The molecule has 0 amide bonds. The average Bonchev–Trinajstić information content (AvgIpc) is 3.08. The van der Waals surface area contributed by atoms with Gasteiger partial charge in [-0.1, -0.05) is 5.16 Å². The number of nitrogens with zero attached hydrogens (tertiary/aromatic N) is 5. The Labute approximate surface area is 153 Å². The van der Waals surface area contributed by atoms with Crippen molar-refractivity contribution >= 4 is 5.69 Å². The van der Waals surface area contributed by atoms with Gasteiger partial charge in [-0.25, -0.2) is 0 Å². The molecule has 2 heterocycles. The quantitative estimate of drug-likeness (QED) is 0.787. The molecule has 1 saturated heterocycles. The maximum atomic E-state index is 13.3. The van der Waals surface area contributed by atoms with Gasteiger partial charge in [-0.15, -0.1) is 0 Å². The standard InChI is InChI=1S/C17H18F3N5O2/c1-26-11-15-22-16(27-23-15)10-24-4-6-25(7-5-24)14-8-12(9-21)2-3-13(14)17(18,19)20/h2-3,8H,4-7,10-11H2,1H3. The van der Waals surface area contributed by atoms with E-state index < -0.39 is 11.7 Å². The Kier molecular flexibility index (Phi) is 5.62. The molecule has 27 heavy (non-hydrogen) atoms. The van der Waals surface area contributed by atoms with Gasteiger partial charge in [-0.3, -0.25) is 4.90 Å². The van der Waals surface area contributed by atoms with Crippen LogP contribution in [0.25, 0.3) is 0 Å². The smallest absolute Gasteiger partial charge is 0.377 e. The van der Waals surface area contributed by atoms with E-state index in [1.54, 1.807) is 4.90 Å². The summed E-state index contributed by atoms with van der Waals surface area (Å²) >= 11 is 0. The molecular formula is C17H18F3N5O2. The Balaban J connectivity index is 1.67. The molecule has 144 valence electrons. The van der Waals surface area contributed by atoms with Crippen LogP contribution in [0.1, 0.15) is 22.8 Å². The van der Waals surface area contributed by atoms with E-state index in [9.17, 15) is 13.2 Å². The van der Waals surface area contributed by atoms with Crippen molar-refractivity contribution in [3.8, 4) is 6.07 Å². The van der Waals surface area contributed by atoms with E-state index in [0.717, 1.165) is 6.07 Å². The fourth-order valence-corrected chi connectivity index (χ4v) is 2.98. The number of aromatic nitrogens is 2. The molecule has 1 aromatic heterocycles. The maximum absolute atomic E-state index is 13.3. The van der Waals surface area contributed by atoms with Crippen LogP contribution in [0.5, 0.6) is 0 Å². The molecule has 0 radical (unpaired) electrons. The Morgan fingerprint density at radius 1 is 1.26 bits per heavy atom. The summed E-state index contributed by atoms with van der Waals surface area (Å²) in [5.41, 5.74) is -0.477. The highest BCUT2D eigenvalue weighted by Gasteiger charge is 2.35. The fraction of sp³-hybridized carbons (Fsp3) is 0.471. The summed E-state index contributed by atoms with van der Waals surface area (Å²) in [7, 11) is 1.53. The minimum absolute atomic E-state index is 0.0429. The molecule has 1 aromatic carbocycles. The number of alkyl halides is 3. The molecule has 0 spiro atoms. The number of hydrogen-bond acceptors (Lipinski definition) is 7. The molecule has 3 rings (SSSR count). The van der Waals surface area contributed by atoms with Crippen molar-refractivity contribution in [2.45, 2.75) is 19.3 Å². The summed E-state index contributed by atoms with van der Waals surface area (Å²) in [6, 6.07) is 5.35. The van der Waals surface area contributed by atoms with E-state index in [2.05, 4.69) is 10.1 Å². The molecule has 1 aliphatic heterocycles. The van der Waals surface area contributed by atoms with Gasteiger partial charge >= 0.3 is 6.18 Å². The van der Waals surface area contributed by atoms with E-state index in [0.29, 0.717) is 44.4 Å². The molecule has 0 N–H and O–H groups in total. The number of anilines is 1. The largest absolute Gasteiger partial charge is 0.418 e. The maximum Gasteiger partial charge on any atom is 0.418 e. The number of benzene rings is 1. The van der Waals surface area contributed by atoms with Crippen molar-refractivity contribution < 1.29 is 22.4 Å². The van der Waals surface area contributed by atoms with Gasteiger partial charge in [0.2, 0.25) is 5.89 Å². The topological polar surface area (TPSA) is 78.4 Å². The molecule has 2 aromatic rings. The van der Waals surface area contributed by atoms with Crippen molar-refractivity contribution in [2.75, 3.05) is 38.2 Å². The van der Waals surface area contributed by atoms with Crippen LogP contribution in [0.15, 0.2) is 22.7 Å². The zero-order chi connectivity index (χ0) is 19.4. The van der Waals surface area contributed by atoms with Gasteiger partial charge in [-0.2, -0.15) is 23.4 Å². The third kappa shape index (κ3) is 4.56. The lowest BCUT2D eigenvalue weighted by Gasteiger charge is -2.36. The van der Waals surface area contributed by atoms with E-state index >= 15 is 0 Å². The van der Waals surface area contributed by atoms with Gasteiger partial charge in [0.1, 0.15) is 6.61 Å². The van der Waals surface area contributed by atoms with Gasteiger partial charge in [0.15, 0.2) is 5.82 Å². The molecule has 10 heteroatoms. The summed E-state index contributed by atoms with van der Waals surface area (Å²) in [6.07, 6.45) is -4.47. The summed E-state index contributed by atoms with van der Waals surface area (Å²) in [5.74, 6) is 0.896. The second kappa shape index (κ2) is 7.94. The Morgan fingerprint density at radius 3 is 2.63 bits per heavy atom. The molecule has 0 atom stereocenters. The Morgan fingerprint density at radius 2 is 2.00 bits per heavy atom. The average molecular weight is 381 g/mol. The summed E-state index contributed by atoms with van der Waals surface area (Å²) in [6.45, 7) is 2.56. The van der Waals surface area contributed by atoms with Gasteiger partial charge in [0.25, 0.3) is 0 Å². The lowest BCUT2D eigenvalue weighted by Crippen LogP contribution is -2.46. The van der Waals surface area contributed by atoms with Crippen LogP contribution >= 0.6 is 0 Å². The highest BCUT2D eigenvalue weighted by atomic mass is 19.4. The van der Waals surface area contributed by atoms with Crippen LogP contribution in [0.2, 0.25) is 0 Å². The van der Waals surface area contributed by atoms with Crippen molar-refractivity contribution in [1.82, 2.24) is 15.0 Å². The Bertz CT molecular complexity index is 823. The first kappa shape index (κ1) is 19.1. The van der Waals surface area contributed by atoms with Crippen LogP contribution in [0, 0.1) is 11.3 Å². The van der Waals surface area contributed by atoms with E-state index in [1.807, 2.05) is 11.0 Å². The van der Waals surface area contributed by atoms with Crippen molar-refractivity contribution in [2.24, 2.45) is 0 Å². The monoisotopic (exact) mass is 381 g/mol. The highest BCUT2D eigenvalue weighted by Crippen LogP contribution is 2.37. The van der Waals surface area contributed by atoms with Crippen molar-refractivity contribution in [1.29, 1.82) is 5.26 Å². The lowest BCUT2D eigenvalue weighted by atomic mass is 10.1. The minimum Gasteiger partial charge on any atom is -0.377 e. The Hall–Kier alpha value is -2.64. The number of rotatable bonds is 5. The summed E-state index contributed by atoms with van der Waals surface area (Å²) in [5, 5.41) is 12.8. The molecule has 0 saturated carbocycles. The molecule has 1 aliphatic rings. The van der Waals surface area contributed by atoms with E-state index in [-0.39, 0.29) is 17.9 Å². The first-order chi connectivity index (χ1) is 12.9. The van der Waals surface area contributed by atoms with Crippen LogP contribution in [-0.4, -0.2) is 48.3 Å². The van der Waals surface area contributed by atoms with Crippen LogP contribution in [-0.2, 0) is 24.1 Å².